The van der Waals surface area contributed by atoms with Crippen LogP contribution in [0.5, 0.6) is 0 Å². The maximum Gasteiger partial charge on any atom is 0.254 e. The van der Waals surface area contributed by atoms with Crippen LogP contribution in [0.25, 0.3) is 0 Å². The average Bonchev–Trinajstić information content (AvgIpc) is 2.95. The second-order valence-electron chi connectivity index (χ2n) is 4.79. The molecular formula is C12H19N3O. The minimum Gasteiger partial charge on any atom is -0.325 e. The van der Waals surface area contributed by atoms with Gasteiger partial charge in [0.2, 0.25) is 0 Å². The minimum absolute atomic E-state index is 0.00229. The molecule has 0 aliphatic heterocycles. The number of nitrogens with two attached hydrogens (primary N) is 1. The Morgan fingerprint density at radius 2 is 2.19 bits per heavy atom. The Labute approximate surface area is 95.3 Å². The first-order valence-electron chi connectivity index (χ1n) is 5.91. The molecule has 1 aliphatic carbocycles. The first-order valence-corrected chi connectivity index (χ1v) is 5.91. The van der Waals surface area contributed by atoms with Crippen LogP contribution in [0.4, 0.5) is 0 Å². The van der Waals surface area contributed by atoms with Crippen LogP contribution in [0.3, 0.4) is 0 Å². The van der Waals surface area contributed by atoms with Gasteiger partial charge in [-0.15, -0.1) is 0 Å². The molecule has 1 heterocycles. The zero-order chi connectivity index (χ0) is 11.8. The van der Waals surface area contributed by atoms with Crippen molar-refractivity contribution in [2.75, 3.05) is 0 Å². The van der Waals surface area contributed by atoms with Crippen molar-refractivity contribution in [3.05, 3.63) is 27.4 Å². The highest BCUT2D eigenvalue weighted by atomic mass is 16.1. The first-order chi connectivity index (χ1) is 7.54. The molecule has 1 aromatic rings. The van der Waals surface area contributed by atoms with Crippen LogP contribution in [-0.4, -0.2) is 15.5 Å². The Kier molecular flexibility index (Phi) is 2.84. The van der Waals surface area contributed by atoms with E-state index in [0.717, 1.165) is 49.2 Å². The maximum absolute atomic E-state index is 11.8. The fourth-order valence-corrected chi connectivity index (χ4v) is 1.92. The van der Waals surface area contributed by atoms with E-state index in [1.54, 1.807) is 0 Å². The molecule has 0 saturated heterocycles. The third-order valence-corrected chi connectivity index (χ3v) is 3.37. The van der Waals surface area contributed by atoms with Gasteiger partial charge in [-0.2, -0.15) is 0 Å². The summed E-state index contributed by atoms with van der Waals surface area (Å²) < 4.78 is 0. The highest BCUT2D eigenvalue weighted by molar-refractivity contribution is 5.18. The van der Waals surface area contributed by atoms with Gasteiger partial charge in [0, 0.05) is 23.2 Å². The van der Waals surface area contributed by atoms with Gasteiger partial charge in [0.05, 0.1) is 0 Å². The van der Waals surface area contributed by atoms with E-state index in [1.165, 1.54) is 0 Å². The van der Waals surface area contributed by atoms with E-state index in [1.807, 2.05) is 13.8 Å². The molecule has 4 heteroatoms. The Bertz CT molecular complexity index is 446. The van der Waals surface area contributed by atoms with Crippen molar-refractivity contribution >= 4 is 0 Å². The van der Waals surface area contributed by atoms with Crippen LogP contribution >= 0.6 is 0 Å². The molecule has 0 radical (unpaired) electrons. The van der Waals surface area contributed by atoms with E-state index < -0.39 is 0 Å². The predicted octanol–water partition coefficient (Wildman–Crippen LogP) is 1.06. The lowest BCUT2D eigenvalue weighted by atomic mass is 10.0. The molecule has 1 aromatic heterocycles. The highest BCUT2D eigenvalue weighted by Gasteiger charge is 2.37. The third kappa shape index (κ3) is 2.32. The molecule has 0 aromatic carbocycles. The van der Waals surface area contributed by atoms with E-state index >= 15 is 0 Å². The van der Waals surface area contributed by atoms with Gasteiger partial charge in [-0.1, -0.05) is 6.92 Å². The molecular weight excluding hydrogens is 202 g/mol. The number of hydrogen-bond donors (Lipinski definition) is 2. The van der Waals surface area contributed by atoms with Gasteiger partial charge in [0.1, 0.15) is 5.82 Å². The summed E-state index contributed by atoms with van der Waals surface area (Å²) in [6.45, 7) is 3.89. The van der Waals surface area contributed by atoms with Crippen LogP contribution < -0.4 is 11.3 Å². The van der Waals surface area contributed by atoms with Crippen molar-refractivity contribution in [2.24, 2.45) is 5.73 Å². The fraction of sp³-hybridized carbons (Fsp3) is 0.667. The summed E-state index contributed by atoms with van der Waals surface area (Å²) in [5.41, 5.74) is 7.68. The Hall–Kier alpha value is -1.16. The van der Waals surface area contributed by atoms with Crippen LogP contribution in [0.1, 0.15) is 43.3 Å². The molecule has 4 nitrogen and oxygen atoms in total. The number of aromatic amines is 1. The molecule has 0 amide bonds. The lowest BCUT2D eigenvalue weighted by molar-refractivity contribution is 0.603. The molecule has 0 unspecified atom stereocenters. The van der Waals surface area contributed by atoms with Gasteiger partial charge < -0.3 is 10.7 Å². The molecule has 0 bridgehead atoms. The van der Waals surface area contributed by atoms with E-state index in [2.05, 4.69) is 9.97 Å². The predicted molar refractivity (Wildman–Crippen MR) is 63.4 cm³/mol. The van der Waals surface area contributed by atoms with Crippen LogP contribution in [-0.2, 0) is 12.8 Å². The average molecular weight is 221 g/mol. The number of aromatic nitrogens is 2. The molecule has 0 atom stereocenters. The second-order valence-corrected chi connectivity index (χ2v) is 4.79. The summed E-state index contributed by atoms with van der Waals surface area (Å²) in [6.07, 6.45) is 4.57. The van der Waals surface area contributed by atoms with Gasteiger partial charge in [-0.25, -0.2) is 4.98 Å². The number of hydrogen-bond acceptors (Lipinski definition) is 3. The van der Waals surface area contributed by atoms with E-state index in [9.17, 15) is 4.79 Å². The van der Waals surface area contributed by atoms with Crippen molar-refractivity contribution in [1.29, 1.82) is 0 Å². The van der Waals surface area contributed by atoms with E-state index in [4.69, 9.17) is 5.73 Å². The van der Waals surface area contributed by atoms with Gasteiger partial charge in [-0.05, 0) is 32.6 Å². The topological polar surface area (TPSA) is 71.8 Å². The molecule has 1 saturated carbocycles. The standard InChI is InChI=1S/C12H19N3O/c1-3-10-14-8(2)9(11(16)15-10)4-5-12(13)6-7-12/h3-7,13H2,1-2H3,(H,14,15,16). The number of nitrogens with zero attached hydrogens (tertiary/aromatic N) is 1. The largest absolute Gasteiger partial charge is 0.325 e. The quantitative estimate of drug-likeness (QED) is 0.798. The number of nitrogens with one attached hydrogen (secondary N) is 1. The number of H-pyrrole nitrogens is 1. The zero-order valence-electron chi connectivity index (χ0n) is 9.97. The first kappa shape index (κ1) is 11.3. The van der Waals surface area contributed by atoms with Gasteiger partial charge in [0.15, 0.2) is 0 Å². The maximum atomic E-state index is 11.8. The normalized spacial score (nSPS) is 17.4. The molecule has 2 rings (SSSR count). The summed E-state index contributed by atoms with van der Waals surface area (Å²) in [5, 5.41) is 0. The summed E-state index contributed by atoms with van der Waals surface area (Å²) in [7, 11) is 0. The molecule has 16 heavy (non-hydrogen) atoms. The SMILES string of the molecule is CCc1nc(C)c(CCC2(N)CC2)c(=O)[nH]1. The van der Waals surface area contributed by atoms with Crippen molar-refractivity contribution in [3.63, 3.8) is 0 Å². The van der Waals surface area contributed by atoms with Crippen molar-refractivity contribution in [1.82, 2.24) is 9.97 Å². The zero-order valence-corrected chi connectivity index (χ0v) is 9.97. The number of rotatable bonds is 4. The molecule has 0 spiro atoms. The summed E-state index contributed by atoms with van der Waals surface area (Å²) >= 11 is 0. The van der Waals surface area contributed by atoms with Gasteiger partial charge >= 0.3 is 0 Å². The fourth-order valence-electron chi connectivity index (χ4n) is 1.92. The highest BCUT2D eigenvalue weighted by Crippen LogP contribution is 2.36. The Morgan fingerprint density at radius 3 is 2.69 bits per heavy atom. The molecule has 3 N–H and O–H groups in total. The lowest BCUT2D eigenvalue weighted by Crippen LogP contribution is -2.25. The van der Waals surface area contributed by atoms with Crippen molar-refractivity contribution in [3.8, 4) is 0 Å². The monoisotopic (exact) mass is 221 g/mol. The van der Waals surface area contributed by atoms with Crippen molar-refractivity contribution < 1.29 is 0 Å². The van der Waals surface area contributed by atoms with E-state index in [0.29, 0.717) is 0 Å². The molecule has 88 valence electrons. The lowest BCUT2D eigenvalue weighted by Gasteiger charge is -2.09. The molecule has 1 fully saturated rings. The minimum atomic E-state index is 0.00229. The van der Waals surface area contributed by atoms with Crippen LogP contribution in [0.15, 0.2) is 4.79 Å². The summed E-state index contributed by atoms with van der Waals surface area (Å²) in [6, 6.07) is 0. The smallest absolute Gasteiger partial charge is 0.254 e. The van der Waals surface area contributed by atoms with Gasteiger partial charge in [0.25, 0.3) is 5.56 Å². The summed E-state index contributed by atoms with van der Waals surface area (Å²) in [4.78, 5) is 19.0. The van der Waals surface area contributed by atoms with Gasteiger partial charge in [-0.3, -0.25) is 4.79 Å². The summed E-state index contributed by atoms with van der Waals surface area (Å²) in [5.74, 6) is 0.764. The van der Waals surface area contributed by atoms with E-state index in [-0.39, 0.29) is 11.1 Å². The Balaban J connectivity index is 2.17. The molecule has 1 aliphatic rings. The van der Waals surface area contributed by atoms with Crippen LogP contribution in [0.2, 0.25) is 0 Å². The Morgan fingerprint density at radius 1 is 1.50 bits per heavy atom. The second kappa shape index (κ2) is 4.01. The van der Waals surface area contributed by atoms with Crippen molar-refractivity contribution in [2.45, 2.75) is 51.5 Å². The van der Waals surface area contributed by atoms with Crippen LogP contribution in [0, 0.1) is 6.92 Å². The number of aryl methyl sites for hydroxylation is 2. The third-order valence-electron chi connectivity index (χ3n) is 3.37.